The second-order valence-corrected chi connectivity index (χ2v) is 6.44. The number of benzene rings is 1. The molecule has 0 aliphatic rings. The van der Waals surface area contributed by atoms with Crippen molar-refractivity contribution in [1.82, 2.24) is 9.97 Å². The minimum atomic E-state index is -0.251. The average molecular weight is 374 g/mol. The van der Waals surface area contributed by atoms with Crippen LogP contribution in [-0.4, -0.2) is 15.9 Å². The highest BCUT2D eigenvalue weighted by Gasteiger charge is 2.11. The van der Waals surface area contributed by atoms with E-state index in [1.807, 2.05) is 48.7 Å². The Morgan fingerprint density at radius 3 is 2.77 bits per heavy atom. The number of halogens is 1. The van der Waals surface area contributed by atoms with Gasteiger partial charge in [0.1, 0.15) is 5.69 Å². The lowest BCUT2D eigenvalue weighted by Crippen LogP contribution is -2.13. The van der Waals surface area contributed by atoms with Crippen LogP contribution in [0, 0.1) is 6.92 Å². The Bertz CT molecular complexity index is 832. The summed E-state index contributed by atoms with van der Waals surface area (Å²) in [5.41, 5.74) is 3.03. The van der Waals surface area contributed by atoms with Gasteiger partial charge in [0.05, 0.1) is 5.69 Å². The minimum absolute atomic E-state index is 0.251. The van der Waals surface area contributed by atoms with Gasteiger partial charge in [-0.15, -0.1) is 11.3 Å². The van der Waals surface area contributed by atoms with E-state index < -0.39 is 0 Å². The van der Waals surface area contributed by atoms with E-state index in [0.29, 0.717) is 10.8 Å². The summed E-state index contributed by atoms with van der Waals surface area (Å²) in [6.07, 6.45) is 0. The summed E-state index contributed by atoms with van der Waals surface area (Å²) < 4.78 is 0.993. The lowest BCUT2D eigenvalue weighted by atomic mass is 10.2. The maximum Gasteiger partial charge on any atom is 0.276 e. The second kappa shape index (κ2) is 6.37. The zero-order valence-corrected chi connectivity index (χ0v) is 14.1. The van der Waals surface area contributed by atoms with Gasteiger partial charge in [0.2, 0.25) is 0 Å². The van der Waals surface area contributed by atoms with Gasteiger partial charge in [-0.1, -0.05) is 34.1 Å². The zero-order valence-electron chi connectivity index (χ0n) is 11.7. The van der Waals surface area contributed by atoms with Crippen LogP contribution in [0.5, 0.6) is 0 Å². The molecule has 4 nitrogen and oxygen atoms in total. The number of amides is 1. The first-order valence-electron chi connectivity index (χ1n) is 6.58. The van der Waals surface area contributed by atoms with Crippen LogP contribution < -0.4 is 5.32 Å². The van der Waals surface area contributed by atoms with Crippen molar-refractivity contribution in [3.05, 3.63) is 63.7 Å². The van der Waals surface area contributed by atoms with Gasteiger partial charge in [0.25, 0.3) is 5.91 Å². The van der Waals surface area contributed by atoms with Crippen LogP contribution >= 0.6 is 27.3 Å². The lowest BCUT2D eigenvalue weighted by molar-refractivity contribution is 0.102. The second-order valence-electron chi connectivity index (χ2n) is 4.67. The normalized spacial score (nSPS) is 10.5. The average Bonchev–Trinajstić information content (AvgIpc) is 2.96. The lowest BCUT2D eigenvalue weighted by Gasteiger charge is -2.01. The molecule has 0 atom stereocenters. The van der Waals surface area contributed by atoms with E-state index in [-0.39, 0.29) is 5.91 Å². The van der Waals surface area contributed by atoms with Crippen LogP contribution in [0.3, 0.4) is 0 Å². The Kier molecular flexibility index (Phi) is 4.31. The molecule has 110 valence electrons. The maximum atomic E-state index is 12.2. The number of carbonyl (C=O) groups is 1. The summed E-state index contributed by atoms with van der Waals surface area (Å²) >= 11 is 4.83. The Morgan fingerprint density at radius 2 is 2.00 bits per heavy atom. The Labute approximate surface area is 140 Å². The van der Waals surface area contributed by atoms with Gasteiger partial charge < -0.3 is 0 Å². The molecule has 2 heterocycles. The first-order chi connectivity index (χ1) is 10.6. The SMILES string of the molecule is Cc1cccc(C(=O)Nc2nc(-c3cccc(Br)c3)cs2)n1. The fourth-order valence-electron chi connectivity index (χ4n) is 1.94. The predicted molar refractivity (Wildman–Crippen MR) is 92.2 cm³/mol. The number of aromatic nitrogens is 2. The number of aryl methyl sites for hydroxylation is 1. The van der Waals surface area contributed by atoms with E-state index in [4.69, 9.17) is 0 Å². The minimum Gasteiger partial charge on any atom is -0.296 e. The third-order valence-electron chi connectivity index (χ3n) is 2.97. The molecule has 0 radical (unpaired) electrons. The van der Waals surface area contributed by atoms with Crippen LogP contribution in [0.2, 0.25) is 0 Å². The van der Waals surface area contributed by atoms with Gasteiger partial charge in [0, 0.05) is 21.1 Å². The van der Waals surface area contributed by atoms with Crippen molar-refractivity contribution in [3.8, 4) is 11.3 Å². The van der Waals surface area contributed by atoms with Crippen LogP contribution in [0.1, 0.15) is 16.2 Å². The van der Waals surface area contributed by atoms with Crippen molar-refractivity contribution in [2.45, 2.75) is 6.92 Å². The molecule has 0 aliphatic heterocycles. The van der Waals surface area contributed by atoms with Crippen molar-refractivity contribution in [2.75, 3.05) is 5.32 Å². The van der Waals surface area contributed by atoms with E-state index in [2.05, 4.69) is 31.2 Å². The first kappa shape index (κ1) is 14.9. The number of rotatable bonds is 3. The number of nitrogens with zero attached hydrogens (tertiary/aromatic N) is 2. The largest absolute Gasteiger partial charge is 0.296 e. The quantitative estimate of drug-likeness (QED) is 0.733. The fraction of sp³-hybridized carbons (Fsp3) is 0.0625. The van der Waals surface area contributed by atoms with Crippen molar-refractivity contribution < 1.29 is 4.79 Å². The molecule has 6 heteroatoms. The van der Waals surface area contributed by atoms with Gasteiger partial charge in [-0.3, -0.25) is 10.1 Å². The maximum absolute atomic E-state index is 12.2. The Morgan fingerprint density at radius 1 is 1.18 bits per heavy atom. The van der Waals surface area contributed by atoms with E-state index in [0.717, 1.165) is 21.4 Å². The highest BCUT2D eigenvalue weighted by molar-refractivity contribution is 9.10. The van der Waals surface area contributed by atoms with Crippen molar-refractivity contribution in [3.63, 3.8) is 0 Å². The van der Waals surface area contributed by atoms with Crippen LogP contribution in [0.4, 0.5) is 5.13 Å². The van der Waals surface area contributed by atoms with Crippen LogP contribution in [0.15, 0.2) is 52.3 Å². The Hall–Kier alpha value is -2.05. The molecule has 1 N–H and O–H groups in total. The molecule has 3 rings (SSSR count). The van der Waals surface area contributed by atoms with E-state index in [1.165, 1.54) is 11.3 Å². The topological polar surface area (TPSA) is 54.9 Å². The van der Waals surface area contributed by atoms with E-state index in [1.54, 1.807) is 6.07 Å². The smallest absolute Gasteiger partial charge is 0.276 e. The van der Waals surface area contributed by atoms with E-state index >= 15 is 0 Å². The standard InChI is InChI=1S/C16H12BrN3OS/c1-10-4-2-7-13(18-10)15(21)20-16-19-14(9-22-16)11-5-3-6-12(17)8-11/h2-9H,1H3,(H,19,20,21). The number of hydrogen-bond acceptors (Lipinski definition) is 4. The number of hydrogen-bond donors (Lipinski definition) is 1. The molecule has 3 aromatic rings. The van der Waals surface area contributed by atoms with E-state index in [9.17, 15) is 4.79 Å². The van der Waals surface area contributed by atoms with Crippen molar-refractivity contribution in [1.29, 1.82) is 0 Å². The molecule has 1 amide bonds. The third kappa shape index (κ3) is 3.40. The monoisotopic (exact) mass is 373 g/mol. The molecular formula is C16H12BrN3OS. The molecule has 0 bridgehead atoms. The molecule has 0 aliphatic carbocycles. The summed E-state index contributed by atoms with van der Waals surface area (Å²) in [7, 11) is 0. The molecule has 0 unspecified atom stereocenters. The number of anilines is 1. The van der Waals surface area contributed by atoms with Gasteiger partial charge in [-0.05, 0) is 31.2 Å². The summed E-state index contributed by atoms with van der Waals surface area (Å²) in [4.78, 5) is 20.8. The fourth-order valence-corrected chi connectivity index (χ4v) is 3.06. The molecule has 0 spiro atoms. The zero-order chi connectivity index (χ0) is 15.5. The molecule has 2 aromatic heterocycles. The van der Waals surface area contributed by atoms with Gasteiger partial charge in [-0.25, -0.2) is 9.97 Å². The number of thiazole rings is 1. The summed E-state index contributed by atoms with van der Waals surface area (Å²) in [6, 6.07) is 13.2. The number of nitrogens with one attached hydrogen (secondary N) is 1. The Balaban J connectivity index is 1.78. The van der Waals surface area contributed by atoms with Crippen molar-refractivity contribution in [2.24, 2.45) is 0 Å². The number of carbonyl (C=O) groups excluding carboxylic acids is 1. The molecule has 0 saturated carbocycles. The number of pyridine rings is 1. The highest BCUT2D eigenvalue weighted by atomic mass is 79.9. The van der Waals surface area contributed by atoms with Crippen molar-refractivity contribution >= 4 is 38.3 Å². The molecular weight excluding hydrogens is 362 g/mol. The summed E-state index contributed by atoms with van der Waals surface area (Å²) in [5.74, 6) is -0.251. The summed E-state index contributed by atoms with van der Waals surface area (Å²) in [5, 5.41) is 5.26. The predicted octanol–water partition coefficient (Wildman–Crippen LogP) is 4.53. The van der Waals surface area contributed by atoms with Gasteiger partial charge in [0.15, 0.2) is 5.13 Å². The molecule has 1 aromatic carbocycles. The summed E-state index contributed by atoms with van der Waals surface area (Å²) in [6.45, 7) is 1.85. The third-order valence-corrected chi connectivity index (χ3v) is 4.22. The molecule has 22 heavy (non-hydrogen) atoms. The van der Waals surface area contributed by atoms with Crippen LogP contribution in [0.25, 0.3) is 11.3 Å². The molecule has 0 fully saturated rings. The highest BCUT2D eigenvalue weighted by Crippen LogP contribution is 2.27. The van der Waals surface area contributed by atoms with Gasteiger partial charge in [-0.2, -0.15) is 0 Å². The van der Waals surface area contributed by atoms with Gasteiger partial charge >= 0.3 is 0 Å². The van der Waals surface area contributed by atoms with Crippen LogP contribution in [-0.2, 0) is 0 Å². The first-order valence-corrected chi connectivity index (χ1v) is 8.25. The molecule has 0 saturated heterocycles.